The van der Waals surface area contributed by atoms with Crippen molar-refractivity contribution in [3.8, 4) is 0 Å². The van der Waals surface area contributed by atoms with Gasteiger partial charge in [0.25, 0.3) is 5.91 Å². The Morgan fingerprint density at radius 3 is 2.59 bits per heavy atom. The molecule has 2 aromatic heterocycles. The molecule has 0 bridgehead atoms. The molecule has 3 N–H and O–H groups in total. The van der Waals surface area contributed by atoms with E-state index in [1.165, 1.54) is 16.6 Å². The average Bonchev–Trinajstić information content (AvgIpc) is 3.72. The lowest BCUT2D eigenvalue weighted by atomic mass is 9.66. The van der Waals surface area contributed by atoms with Crippen molar-refractivity contribution in [2.24, 2.45) is 5.41 Å². The summed E-state index contributed by atoms with van der Waals surface area (Å²) in [5.41, 5.74) is 4.73. The van der Waals surface area contributed by atoms with Gasteiger partial charge < -0.3 is 38.9 Å². The van der Waals surface area contributed by atoms with Gasteiger partial charge in [-0.15, -0.1) is 0 Å². The van der Waals surface area contributed by atoms with E-state index in [2.05, 4.69) is 56.0 Å². The number of hydrogen-bond donors (Lipinski definition) is 3. The van der Waals surface area contributed by atoms with Crippen LogP contribution in [0, 0.1) is 5.41 Å². The number of esters is 1. The SMILES string of the molecule is CC[C@@]12C=C(C(=O)N[C@@H](Cc3cnc[nH]3)C(=O)OCCOCCOCCOCCO)n3c4c(c5ccccc53)CCN(CCC1)[C@H]42. The van der Waals surface area contributed by atoms with E-state index in [0.717, 1.165) is 44.3 Å². The Morgan fingerprint density at radius 1 is 1.09 bits per heavy atom. The molecule has 0 unspecified atom stereocenters. The van der Waals surface area contributed by atoms with E-state index in [4.69, 9.17) is 24.1 Å². The second-order valence-electron chi connectivity index (χ2n) is 12.2. The van der Waals surface area contributed by atoms with Crippen molar-refractivity contribution in [3.63, 3.8) is 0 Å². The molecule has 3 atom stereocenters. The number of nitrogens with zero attached hydrogens (tertiary/aromatic N) is 3. The molecule has 0 radical (unpaired) electrons. The summed E-state index contributed by atoms with van der Waals surface area (Å²) in [6.45, 7) is 6.35. The molecule has 1 amide bonds. The van der Waals surface area contributed by atoms with Crippen molar-refractivity contribution >= 4 is 28.5 Å². The molecule has 12 nitrogen and oxygen atoms in total. The predicted octanol–water partition coefficient (Wildman–Crippen LogP) is 2.62. The molecule has 3 aliphatic rings. The molecule has 3 aliphatic heterocycles. The number of imidazole rings is 1. The third-order valence-corrected chi connectivity index (χ3v) is 9.50. The Kier molecular flexibility index (Phi) is 10.5. The van der Waals surface area contributed by atoms with Crippen LogP contribution in [0.25, 0.3) is 16.6 Å². The van der Waals surface area contributed by atoms with Gasteiger partial charge in [0.05, 0.1) is 64.1 Å². The summed E-state index contributed by atoms with van der Waals surface area (Å²) in [6, 6.07) is 7.65. The van der Waals surface area contributed by atoms with Crippen molar-refractivity contribution in [1.29, 1.82) is 0 Å². The van der Waals surface area contributed by atoms with Crippen LogP contribution in [0.2, 0.25) is 0 Å². The van der Waals surface area contributed by atoms with Gasteiger partial charge in [-0.1, -0.05) is 25.1 Å². The fraction of sp³-hybridized carbons (Fsp3) is 0.559. The van der Waals surface area contributed by atoms with Gasteiger partial charge in [-0.3, -0.25) is 9.69 Å². The summed E-state index contributed by atoms with van der Waals surface area (Å²) >= 11 is 0. The molecule has 3 aromatic rings. The van der Waals surface area contributed by atoms with E-state index in [9.17, 15) is 9.59 Å². The van der Waals surface area contributed by atoms with Gasteiger partial charge in [0.2, 0.25) is 0 Å². The lowest BCUT2D eigenvalue weighted by molar-refractivity contribution is -0.149. The first kappa shape index (κ1) is 32.4. The molecule has 46 heavy (non-hydrogen) atoms. The maximum absolute atomic E-state index is 14.3. The maximum atomic E-state index is 14.3. The number of ether oxygens (including phenoxy) is 4. The predicted molar refractivity (Wildman–Crippen MR) is 171 cm³/mol. The van der Waals surface area contributed by atoms with Crippen molar-refractivity contribution < 1.29 is 33.6 Å². The lowest BCUT2D eigenvalue weighted by Gasteiger charge is -2.53. The van der Waals surface area contributed by atoms with Crippen LogP contribution in [0.4, 0.5) is 0 Å². The number of piperidine rings is 1. The van der Waals surface area contributed by atoms with Crippen molar-refractivity contribution in [3.05, 3.63) is 59.8 Å². The quantitative estimate of drug-likeness (QED) is 0.151. The largest absolute Gasteiger partial charge is 0.462 e. The molecular weight excluding hydrogens is 590 g/mol. The summed E-state index contributed by atoms with van der Waals surface area (Å²) < 4.78 is 23.8. The zero-order valence-electron chi connectivity index (χ0n) is 26.5. The normalized spacial score (nSPS) is 21.1. The average molecular weight is 636 g/mol. The van der Waals surface area contributed by atoms with E-state index in [-0.39, 0.29) is 50.2 Å². The second kappa shape index (κ2) is 14.9. The summed E-state index contributed by atoms with van der Waals surface area (Å²) in [6.07, 6.45) is 9.59. The van der Waals surface area contributed by atoms with E-state index < -0.39 is 12.0 Å². The highest BCUT2D eigenvalue weighted by atomic mass is 16.6. The number of rotatable bonds is 17. The zero-order chi connectivity index (χ0) is 31.9. The van der Waals surface area contributed by atoms with Crippen molar-refractivity contribution in [2.75, 3.05) is 65.9 Å². The summed E-state index contributed by atoms with van der Waals surface area (Å²) in [5, 5.41) is 13.0. The van der Waals surface area contributed by atoms with Gasteiger partial charge in [-0.05, 0) is 49.9 Å². The Bertz CT molecular complexity index is 1520. The molecular formula is C34H45N5O7. The van der Waals surface area contributed by atoms with Crippen molar-refractivity contribution in [2.45, 2.75) is 51.1 Å². The Labute approximate surface area is 269 Å². The number of fused-ring (bicyclic) bond motifs is 3. The summed E-state index contributed by atoms with van der Waals surface area (Å²) in [4.78, 5) is 37.5. The first-order chi connectivity index (χ1) is 22.6. The van der Waals surface area contributed by atoms with Crippen LogP contribution in [0.1, 0.15) is 49.2 Å². The fourth-order valence-electron chi connectivity index (χ4n) is 7.40. The Balaban J connectivity index is 1.16. The zero-order valence-corrected chi connectivity index (χ0v) is 26.5. The van der Waals surface area contributed by atoms with Crippen LogP contribution in [0.15, 0.2) is 42.9 Å². The number of aromatic amines is 1. The number of H-pyrrole nitrogens is 1. The minimum absolute atomic E-state index is 0.0168. The number of amides is 1. The van der Waals surface area contributed by atoms with E-state index >= 15 is 0 Å². The molecule has 0 spiro atoms. The summed E-state index contributed by atoms with van der Waals surface area (Å²) in [7, 11) is 0. The summed E-state index contributed by atoms with van der Waals surface area (Å²) in [5.74, 6) is -0.832. The highest BCUT2D eigenvalue weighted by Gasteiger charge is 2.51. The Hall–Kier alpha value is -3.55. The monoisotopic (exact) mass is 635 g/mol. The highest BCUT2D eigenvalue weighted by molar-refractivity contribution is 6.17. The molecule has 6 rings (SSSR count). The number of aliphatic hydroxyl groups excluding tert-OH is 1. The number of hydrogen-bond acceptors (Lipinski definition) is 9. The molecule has 1 saturated heterocycles. The fourth-order valence-corrected chi connectivity index (χ4v) is 7.40. The molecule has 248 valence electrons. The third-order valence-electron chi connectivity index (χ3n) is 9.50. The molecule has 5 heterocycles. The van der Waals surface area contributed by atoms with Gasteiger partial charge in [-0.2, -0.15) is 0 Å². The van der Waals surface area contributed by atoms with Gasteiger partial charge in [-0.25, -0.2) is 9.78 Å². The lowest BCUT2D eigenvalue weighted by Crippen LogP contribution is -2.52. The number of carbonyl (C=O) groups is 2. The minimum Gasteiger partial charge on any atom is -0.462 e. The van der Waals surface area contributed by atoms with E-state index in [1.54, 1.807) is 12.5 Å². The molecule has 12 heteroatoms. The highest BCUT2D eigenvalue weighted by Crippen LogP contribution is 2.57. The van der Waals surface area contributed by atoms with Crippen LogP contribution < -0.4 is 5.32 Å². The number of aliphatic hydroxyl groups is 1. The standard InChI is InChI=1S/C34H45N5O7/c1-2-34-9-5-10-38-11-8-26-25-6-3-4-7-28(25)39(30(26)31(34)38)29(21-34)32(41)37-27(20-24-22-35-23-36-24)33(42)46-19-18-45-17-16-44-15-14-43-13-12-40/h3-4,6-7,21-23,27,31,40H,2,5,8-20H2,1H3,(H,35,36)(H,37,41)/t27-,31+,34-/m0/s1. The van der Waals surface area contributed by atoms with E-state index in [0.29, 0.717) is 37.8 Å². The first-order valence-corrected chi connectivity index (χ1v) is 16.4. The van der Waals surface area contributed by atoms with Crippen LogP contribution in [-0.2, 0) is 41.4 Å². The van der Waals surface area contributed by atoms with Crippen molar-refractivity contribution in [1.82, 2.24) is 24.8 Å². The number of carbonyl (C=O) groups excluding carboxylic acids is 2. The molecule has 0 aliphatic carbocycles. The first-order valence-electron chi connectivity index (χ1n) is 16.4. The molecule has 1 aromatic carbocycles. The van der Waals surface area contributed by atoms with Crippen LogP contribution in [0.3, 0.4) is 0 Å². The van der Waals surface area contributed by atoms with Gasteiger partial charge in [0.1, 0.15) is 18.3 Å². The second-order valence-corrected chi connectivity index (χ2v) is 12.2. The number of para-hydroxylation sites is 1. The van der Waals surface area contributed by atoms with Crippen LogP contribution >= 0.6 is 0 Å². The van der Waals surface area contributed by atoms with E-state index in [1.807, 2.05) is 6.07 Å². The van der Waals surface area contributed by atoms with Crippen LogP contribution in [-0.4, -0.2) is 108 Å². The minimum atomic E-state index is -0.924. The smallest absolute Gasteiger partial charge is 0.329 e. The van der Waals surface area contributed by atoms with Gasteiger partial charge in [0, 0.05) is 41.4 Å². The van der Waals surface area contributed by atoms with Crippen LogP contribution in [0.5, 0.6) is 0 Å². The molecule has 0 saturated carbocycles. The maximum Gasteiger partial charge on any atom is 0.329 e. The Morgan fingerprint density at radius 2 is 1.85 bits per heavy atom. The van der Waals surface area contributed by atoms with Gasteiger partial charge >= 0.3 is 5.97 Å². The molecule has 1 fully saturated rings. The number of nitrogens with one attached hydrogen (secondary N) is 2. The third kappa shape index (κ3) is 6.63. The topological polar surface area (TPSA) is 140 Å². The number of benzene rings is 1. The number of aromatic nitrogens is 3. The van der Waals surface area contributed by atoms with Gasteiger partial charge in [0.15, 0.2) is 0 Å².